The highest BCUT2D eigenvalue weighted by Crippen LogP contribution is 2.35. The van der Waals surface area contributed by atoms with Crippen LogP contribution in [0.15, 0.2) is 42.9 Å². The number of para-hydroxylation sites is 1. The Hall–Kier alpha value is -2.40. The molecule has 0 spiro atoms. The molecule has 0 amide bonds. The third kappa shape index (κ3) is 2.92. The van der Waals surface area contributed by atoms with Crippen LogP contribution in [-0.4, -0.2) is 32.7 Å². The molecule has 1 fully saturated rings. The monoisotopic (exact) mass is 308 g/mol. The molecule has 2 aromatic heterocycles. The van der Waals surface area contributed by atoms with Crippen LogP contribution in [-0.2, 0) is 6.42 Å². The molecule has 0 saturated heterocycles. The molecule has 4 rings (SSSR count). The molecule has 1 saturated carbocycles. The first-order valence-corrected chi connectivity index (χ1v) is 8.08. The number of benzene rings is 1. The van der Waals surface area contributed by atoms with E-state index in [1.54, 1.807) is 6.33 Å². The molecule has 5 heteroatoms. The van der Waals surface area contributed by atoms with Crippen LogP contribution in [0.1, 0.15) is 30.0 Å². The third-order valence-corrected chi connectivity index (χ3v) is 4.60. The molecule has 0 unspecified atom stereocenters. The zero-order valence-electron chi connectivity index (χ0n) is 12.9. The van der Waals surface area contributed by atoms with Crippen molar-refractivity contribution in [3.05, 3.63) is 54.1 Å². The molecule has 5 nitrogen and oxygen atoms in total. The van der Waals surface area contributed by atoms with Gasteiger partial charge in [-0.1, -0.05) is 18.2 Å². The highest BCUT2D eigenvalue weighted by atomic mass is 16.3. The van der Waals surface area contributed by atoms with Gasteiger partial charge >= 0.3 is 0 Å². The zero-order valence-corrected chi connectivity index (χ0v) is 12.9. The minimum Gasteiger partial charge on any atom is -0.393 e. The average molecular weight is 308 g/mol. The van der Waals surface area contributed by atoms with E-state index in [-0.39, 0.29) is 6.10 Å². The van der Waals surface area contributed by atoms with Crippen molar-refractivity contribution in [2.75, 3.05) is 11.9 Å². The van der Waals surface area contributed by atoms with Gasteiger partial charge in [0, 0.05) is 41.3 Å². The highest BCUT2D eigenvalue weighted by Gasteiger charge is 2.29. The predicted octanol–water partition coefficient (Wildman–Crippen LogP) is 2.85. The zero-order chi connectivity index (χ0) is 15.6. The maximum Gasteiger partial charge on any atom is 0.129 e. The Bertz CT molecular complexity index is 807. The molecule has 1 aliphatic rings. The van der Waals surface area contributed by atoms with E-state index in [2.05, 4.69) is 44.7 Å². The third-order valence-electron chi connectivity index (χ3n) is 4.60. The Morgan fingerprint density at radius 1 is 1.22 bits per heavy atom. The fourth-order valence-electron chi connectivity index (χ4n) is 3.19. The van der Waals surface area contributed by atoms with E-state index in [1.165, 1.54) is 16.5 Å². The molecule has 3 aromatic rings. The quantitative estimate of drug-likeness (QED) is 0.677. The van der Waals surface area contributed by atoms with Crippen molar-refractivity contribution in [3.8, 4) is 0 Å². The molecule has 3 N–H and O–H groups in total. The molecule has 2 heterocycles. The lowest BCUT2D eigenvalue weighted by Crippen LogP contribution is -2.27. The SMILES string of the molecule is OC1CC(c2cc(NCCc3c[nH]c4ccccc34)ncn2)C1. The first kappa shape index (κ1) is 14.2. The summed E-state index contributed by atoms with van der Waals surface area (Å²) in [4.78, 5) is 11.9. The number of aliphatic hydroxyl groups excluding tert-OH is 1. The van der Waals surface area contributed by atoms with Gasteiger partial charge in [-0.2, -0.15) is 0 Å². The smallest absolute Gasteiger partial charge is 0.129 e. The van der Waals surface area contributed by atoms with E-state index < -0.39 is 0 Å². The highest BCUT2D eigenvalue weighted by molar-refractivity contribution is 5.83. The van der Waals surface area contributed by atoms with Crippen molar-refractivity contribution >= 4 is 16.7 Å². The molecular formula is C18H20N4O. The van der Waals surface area contributed by atoms with Crippen LogP contribution < -0.4 is 5.32 Å². The summed E-state index contributed by atoms with van der Waals surface area (Å²) < 4.78 is 0. The van der Waals surface area contributed by atoms with Gasteiger partial charge in [0.2, 0.25) is 0 Å². The van der Waals surface area contributed by atoms with Crippen molar-refractivity contribution in [3.63, 3.8) is 0 Å². The topological polar surface area (TPSA) is 73.8 Å². The van der Waals surface area contributed by atoms with Gasteiger partial charge in [-0.25, -0.2) is 9.97 Å². The Labute approximate surface area is 134 Å². The van der Waals surface area contributed by atoms with Crippen molar-refractivity contribution < 1.29 is 5.11 Å². The lowest BCUT2D eigenvalue weighted by atomic mass is 9.80. The molecule has 118 valence electrons. The second-order valence-corrected chi connectivity index (χ2v) is 6.19. The first-order chi connectivity index (χ1) is 11.3. The van der Waals surface area contributed by atoms with E-state index in [1.807, 2.05) is 12.1 Å². The Balaban J connectivity index is 1.38. The number of nitrogens with zero attached hydrogens (tertiary/aromatic N) is 2. The van der Waals surface area contributed by atoms with Gasteiger partial charge in [0.05, 0.1) is 6.10 Å². The summed E-state index contributed by atoms with van der Waals surface area (Å²) in [6.07, 6.45) is 6.08. The summed E-state index contributed by atoms with van der Waals surface area (Å²) in [6.45, 7) is 0.825. The van der Waals surface area contributed by atoms with Crippen LogP contribution in [0.3, 0.4) is 0 Å². The number of hydrogen-bond acceptors (Lipinski definition) is 4. The number of aromatic nitrogens is 3. The van der Waals surface area contributed by atoms with E-state index in [4.69, 9.17) is 0 Å². The van der Waals surface area contributed by atoms with Crippen LogP contribution in [0.5, 0.6) is 0 Å². The van der Waals surface area contributed by atoms with Crippen LogP contribution in [0.2, 0.25) is 0 Å². The largest absolute Gasteiger partial charge is 0.393 e. The molecule has 0 bridgehead atoms. The number of aromatic amines is 1. The van der Waals surface area contributed by atoms with Gasteiger partial charge in [-0.05, 0) is 30.9 Å². The molecule has 0 aliphatic heterocycles. The standard InChI is InChI=1S/C18H20N4O/c23-14-7-13(8-14)17-9-18(22-11-21-17)19-6-5-12-10-20-16-4-2-1-3-15(12)16/h1-4,9-11,13-14,20,23H,5-8H2,(H,19,21,22). The number of rotatable bonds is 5. The van der Waals surface area contributed by atoms with Crippen LogP contribution in [0.4, 0.5) is 5.82 Å². The van der Waals surface area contributed by atoms with Gasteiger partial charge in [0.25, 0.3) is 0 Å². The Kier molecular flexibility index (Phi) is 3.71. The summed E-state index contributed by atoms with van der Waals surface area (Å²) in [5.74, 6) is 1.23. The second kappa shape index (κ2) is 6.01. The molecule has 1 aliphatic carbocycles. The van der Waals surface area contributed by atoms with Crippen LogP contribution in [0.25, 0.3) is 10.9 Å². The first-order valence-electron chi connectivity index (χ1n) is 8.08. The summed E-state index contributed by atoms with van der Waals surface area (Å²) in [5.41, 5.74) is 3.51. The lowest BCUT2D eigenvalue weighted by Gasteiger charge is -2.30. The van der Waals surface area contributed by atoms with Crippen molar-refractivity contribution in [2.24, 2.45) is 0 Å². The fourth-order valence-corrected chi connectivity index (χ4v) is 3.19. The van der Waals surface area contributed by atoms with Crippen LogP contribution in [0, 0.1) is 0 Å². The maximum absolute atomic E-state index is 9.42. The number of aliphatic hydroxyl groups is 1. The molecule has 0 radical (unpaired) electrons. The Morgan fingerprint density at radius 2 is 2.09 bits per heavy atom. The van der Waals surface area contributed by atoms with Gasteiger partial charge < -0.3 is 15.4 Å². The number of anilines is 1. The number of nitrogens with one attached hydrogen (secondary N) is 2. The van der Waals surface area contributed by atoms with Crippen molar-refractivity contribution in [2.45, 2.75) is 31.3 Å². The average Bonchev–Trinajstić information content (AvgIpc) is 2.96. The lowest BCUT2D eigenvalue weighted by molar-refractivity contribution is 0.0732. The van der Waals surface area contributed by atoms with Crippen molar-refractivity contribution in [1.29, 1.82) is 0 Å². The summed E-state index contributed by atoms with van der Waals surface area (Å²) in [5, 5.41) is 14.1. The second-order valence-electron chi connectivity index (χ2n) is 6.19. The maximum atomic E-state index is 9.42. The van der Waals surface area contributed by atoms with Gasteiger partial charge in [-0.15, -0.1) is 0 Å². The van der Waals surface area contributed by atoms with Gasteiger partial charge in [0.15, 0.2) is 0 Å². The van der Waals surface area contributed by atoms with Gasteiger partial charge in [-0.3, -0.25) is 0 Å². The summed E-state index contributed by atoms with van der Waals surface area (Å²) in [6, 6.07) is 10.4. The molecule has 23 heavy (non-hydrogen) atoms. The number of hydrogen-bond donors (Lipinski definition) is 3. The molecule has 0 atom stereocenters. The fraction of sp³-hybridized carbons (Fsp3) is 0.333. The molecular weight excluding hydrogens is 288 g/mol. The minimum atomic E-state index is -0.159. The van der Waals surface area contributed by atoms with E-state index in [9.17, 15) is 5.11 Å². The summed E-state index contributed by atoms with van der Waals surface area (Å²) in [7, 11) is 0. The minimum absolute atomic E-state index is 0.159. The van der Waals surface area contributed by atoms with Crippen molar-refractivity contribution in [1.82, 2.24) is 15.0 Å². The van der Waals surface area contributed by atoms with E-state index in [0.717, 1.165) is 37.3 Å². The van der Waals surface area contributed by atoms with Crippen LogP contribution >= 0.6 is 0 Å². The Morgan fingerprint density at radius 3 is 2.96 bits per heavy atom. The predicted molar refractivity (Wildman–Crippen MR) is 90.5 cm³/mol. The number of fused-ring (bicyclic) bond motifs is 1. The normalized spacial score (nSPS) is 20.4. The van der Waals surface area contributed by atoms with Gasteiger partial charge in [0.1, 0.15) is 12.1 Å². The molecule has 1 aromatic carbocycles. The van der Waals surface area contributed by atoms with E-state index >= 15 is 0 Å². The summed E-state index contributed by atoms with van der Waals surface area (Å²) >= 11 is 0. The number of H-pyrrole nitrogens is 1. The van der Waals surface area contributed by atoms with E-state index in [0.29, 0.717) is 5.92 Å².